The number of rotatable bonds is 5. The molecule has 1 fully saturated rings. The first kappa shape index (κ1) is 18.4. The van der Waals surface area contributed by atoms with Gasteiger partial charge in [0.1, 0.15) is 5.82 Å². The van der Waals surface area contributed by atoms with Gasteiger partial charge in [0.25, 0.3) is 0 Å². The van der Waals surface area contributed by atoms with Gasteiger partial charge in [0.2, 0.25) is 5.95 Å². The van der Waals surface area contributed by atoms with Crippen molar-refractivity contribution >= 4 is 17.5 Å². The van der Waals surface area contributed by atoms with Crippen LogP contribution in [0.4, 0.5) is 17.5 Å². The highest BCUT2D eigenvalue weighted by Crippen LogP contribution is 2.26. The molecule has 1 saturated heterocycles. The van der Waals surface area contributed by atoms with Crippen molar-refractivity contribution in [1.29, 1.82) is 0 Å². The largest absolute Gasteiger partial charge is 0.378 e. The maximum absolute atomic E-state index is 5.48. The predicted molar refractivity (Wildman–Crippen MR) is 114 cm³/mol. The molecule has 0 saturated carbocycles. The topological polar surface area (TPSA) is 50.3 Å². The summed E-state index contributed by atoms with van der Waals surface area (Å²) in [6.07, 6.45) is 0. The van der Waals surface area contributed by atoms with Gasteiger partial charge in [-0.15, -0.1) is 0 Å². The first-order chi connectivity index (χ1) is 13.7. The van der Waals surface area contributed by atoms with Crippen molar-refractivity contribution in [2.24, 2.45) is 0 Å². The fourth-order valence-corrected chi connectivity index (χ4v) is 3.26. The van der Waals surface area contributed by atoms with E-state index in [2.05, 4.69) is 60.5 Å². The van der Waals surface area contributed by atoms with Crippen LogP contribution < -0.4 is 10.2 Å². The molecule has 1 aliphatic heterocycles. The van der Waals surface area contributed by atoms with Crippen LogP contribution in [0.1, 0.15) is 25.3 Å². The molecule has 1 aromatic heterocycles. The Kier molecular flexibility index (Phi) is 5.53. The van der Waals surface area contributed by atoms with Crippen molar-refractivity contribution in [1.82, 2.24) is 9.97 Å². The number of nitrogens with zero attached hydrogens (tertiary/aromatic N) is 3. The SMILES string of the molecule is CC(C)c1ccc(Nc2cc(-c3ccccc3)nc(N3CCOCC3)n2)cc1. The highest BCUT2D eigenvalue weighted by Gasteiger charge is 2.16. The fraction of sp³-hybridized carbons (Fsp3) is 0.304. The number of benzene rings is 2. The Morgan fingerprint density at radius 1 is 0.929 bits per heavy atom. The molecule has 28 heavy (non-hydrogen) atoms. The summed E-state index contributed by atoms with van der Waals surface area (Å²) in [6, 6.07) is 20.8. The van der Waals surface area contributed by atoms with E-state index in [0.29, 0.717) is 19.1 Å². The van der Waals surface area contributed by atoms with Gasteiger partial charge in [0, 0.05) is 30.4 Å². The van der Waals surface area contributed by atoms with Gasteiger partial charge in [-0.25, -0.2) is 4.98 Å². The molecule has 2 aromatic carbocycles. The molecule has 0 radical (unpaired) electrons. The minimum Gasteiger partial charge on any atom is -0.378 e. The van der Waals surface area contributed by atoms with Crippen LogP contribution in [0.2, 0.25) is 0 Å². The minimum atomic E-state index is 0.519. The average Bonchev–Trinajstić information content (AvgIpc) is 2.75. The Labute approximate surface area is 166 Å². The third-order valence-corrected chi connectivity index (χ3v) is 4.93. The third kappa shape index (κ3) is 4.31. The Morgan fingerprint density at radius 2 is 1.64 bits per heavy atom. The second kappa shape index (κ2) is 8.40. The van der Waals surface area contributed by atoms with E-state index in [-0.39, 0.29) is 0 Å². The number of anilines is 3. The molecule has 0 atom stereocenters. The molecule has 3 aromatic rings. The number of hydrogen-bond acceptors (Lipinski definition) is 5. The second-order valence-electron chi connectivity index (χ2n) is 7.31. The Bertz CT molecular complexity index is 904. The first-order valence-corrected chi connectivity index (χ1v) is 9.83. The highest BCUT2D eigenvalue weighted by molar-refractivity contribution is 5.67. The lowest BCUT2D eigenvalue weighted by Gasteiger charge is -2.27. The van der Waals surface area contributed by atoms with E-state index in [1.54, 1.807) is 0 Å². The Balaban J connectivity index is 1.66. The van der Waals surface area contributed by atoms with Crippen LogP contribution in [0, 0.1) is 0 Å². The number of hydrogen-bond donors (Lipinski definition) is 1. The first-order valence-electron chi connectivity index (χ1n) is 9.83. The van der Waals surface area contributed by atoms with E-state index in [9.17, 15) is 0 Å². The smallest absolute Gasteiger partial charge is 0.228 e. The number of morpholine rings is 1. The van der Waals surface area contributed by atoms with E-state index in [4.69, 9.17) is 14.7 Å². The van der Waals surface area contributed by atoms with E-state index in [0.717, 1.165) is 41.8 Å². The van der Waals surface area contributed by atoms with E-state index in [1.807, 2.05) is 24.3 Å². The zero-order valence-corrected chi connectivity index (χ0v) is 16.4. The van der Waals surface area contributed by atoms with Crippen LogP contribution in [0.5, 0.6) is 0 Å². The molecule has 5 nitrogen and oxygen atoms in total. The summed E-state index contributed by atoms with van der Waals surface area (Å²) in [5.41, 5.74) is 4.35. The number of ether oxygens (including phenoxy) is 1. The van der Waals surface area contributed by atoms with Crippen molar-refractivity contribution in [3.63, 3.8) is 0 Å². The molecule has 0 aliphatic carbocycles. The van der Waals surface area contributed by atoms with Gasteiger partial charge in [0.05, 0.1) is 18.9 Å². The minimum absolute atomic E-state index is 0.519. The summed E-state index contributed by atoms with van der Waals surface area (Å²) in [5.74, 6) is 2.06. The van der Waals surface area contributed by atoms with Crippen molar-refractivity contribution < 1.29 is 4.74 Å². The van der Waals surface area contributed by atoms with Crippen LogP contribution in [-0.4, -0.2) is 36.3 Å². The summed E-state index contributed by atoms with van der Waals surface area (Å²) in [5, 5.41) is 3.45. The zero-order chi connectivity index (χ0) is 19.3. The normalized spacial score (nSPS) is 14.3. The summed E-state index contributed by atoms with van der Waals surface area (Å²) in [6.45, 7) is 7.43. The van der Waals surface area contributed by atoms with Gasteiger partial charge < -0.3 is 15.0 Å². The molecule has 1 N–H and O–H groups in total. The fourth-order valence-electron chi connectivity index (χ4n) is 3.26. The van der Waals surface area contributed by atoms with Crippen LogP contribution in [0.25, 0.3) is 11.3 Å². The lowest BCUT2D eigenvalue weighted by atomic mass is 10.0. The molecule has 0 amide bonds. The van der Waals surface area contributed by atoms with Crippen molar-refractivity contribution in [2.45, 2.75) is 19.8 Å². The standard InChI is InChI=1S/C23H26N4O/c1-17(2)18-8-10-20(11-9-18)24-22-16-21(19-6-4-3-5-7-19)25-23(26-22)27-12-14-28-15-13-27/h3-11,16-17H,12-15H2,1-2H3,(H,24,25,26). The number of aromatic nitrogens is 2. The highest BCUT2D eigenvalue weighted by atomic mass is 16.5. The van der Waals surface area contributed by atoms with Crippen LogP contribution in [0.15, 0.2) is 60.7 Å². The van der Waals surface area contributed by atoms with Crippen molar-refractivity contribution in [3.05, 3.63) is 66.2 Å². The predicted octanol–water partition coefficient (Wildman–Crippen LogP) is 4.85. The van der Waals surface area contributed by atoms with Crippen molar-refractivity contribution in [3.8, 4) is 11.3 Å². The van der Waals surface area contributed by atoms with E-state index >= 15 is 0 Å². The lowest BCUT2D eigenvalue weighted by Crippen LogP contribution is -2.37. The molecular formula is C23H26N4O. The van der Waals surface area contributed by atoms with Crippen LogP contribution in [-0.2, 0) is 4.74 Å². The quantitative estimate of drug-likeness (QED) is 0.692. The maximum Gasteiger partial charge on any atom is 0.228 e. The molecule has 0 unspecified atom stereocenters. The molecular weight excluding hydrogens is 348 g/mol. The van der Waals surface area contributed by atoms with Gasteiger partial charge in [-0.05, 0) is 23.6 Å². The Morgan fingerprint density at radius 3 is 2.32 bits per heavy atom. The van der Waals surface area contributed by atoms with Gasteiger partial charge >= 0.3 is 0 Å². The molecule has 144 valence electrons. The summed E-state index contributed by atoms with van der Waals surface area (Å²) < 4.78 is 5.48. The van der Waals surface area contributed by atoms with Crippen LogP contribution >= 0.6 is 0 Å². The molecule has 4 rings (SSSR count). The van der Waals surface area contributed by atoms with Crippen molar-refractivity contribution in [2.75, 3.05) is 36.5 Å². The average molecular weight is 374 g/mol. The summed E-state index contributed by atoms with van der Waals surface area (Å²) in [4.78, 5) is 11.8. The number of nitrogens with one attached hydrogen (secondary N) is 1. The van der Waals surface area contributed by atoms with E-state index in [1.165, 1.54) is 5.56 Å². The monoisotopic (exact) mass is 374 g/mol. The van der Waals surface area contributed by atoms with Gasteiger partial charge in [0.15, 0.2) is 0 Å². The zero-order valence-electron chi connectivity index (χ0n) is 16.4. The molecule has 5 heteroatoms. The molecule has 2 heterocycles. The lowest BCUT2D eigenvalue weighted by molar-refractivity contribution is 0.122. The van der Waals surface area contributed by atoms with Gasteiger partial charge in [-0.1, -0.05) is 56.3 Å². The molecule has 0 spiro atoms. The maximum atomic E-state index is 5.48. The Hall–Kier alpha value is -2.92. The summed E-state index contributed by atoms with van der Waals surface area (Å²) >= 11 is 0. The van der Waals surface area contributed by atoms with E-state index < -0.39 is 0 Å². The van der Waals surface area contributed by atoms with Crippen LogP contribution in [0.3, 0.4) is 0 Å². The molecule has 1 aliphatic rings. The molecule has 0 bridgehead atoms. The summed E-state index contributed by atoms with van der Waals surface area (Å²) in [7, 11) is 0. The second-order valence-corrected chi connectivity index (χ2v) is 7.31. The third-order valence-electron chi connectivity index (χ3n) is 4.93. The van der Waals surface area contributed by atoms with Gasteiger partial charge in [-0.2, -0.15) is 4.98 Å². The van der Waals surface area contributed by atoms with Gasteiger partial charge in [-0.3, -0.25) is 0 Å².